The molecular weight excluding hydrogens is 340 g/mol. The number of hydrogen-bond donors (Lipinski definition) is 0. The lowest BCUT2D eigenvalue weighted by molar-refractivity contribution is 0.183. The Hall–Kier alpha value is -2.28. The molecule has 0 spiro atoms. The lowest BCUT2D eigenvalue weighted by atomic mass is 9.96. The van der Waals surface area contributed by atoms with E-state index in [4.69, 9.17) is 9.52 Å². The molecule has 7 nitrogen and oxygen atoms in total. The third-order valence-electron chi connectivity index (χ3n) is 5.76. The van der Waals surface area contributed by atoms with E-state index in [-0.39, 0.29) is 0 Å². The van der Waals surface area contributed by atoms with Crippen molar-refractivity contribution in [3.63, 3.8) is 0 Å². The molecule has 0 atom stereocenters. The SMILES string of the molecule is CC(C)c1cnc(CN2CCC(c3nnc4ccc(C5CC5)nn34)CC2)o1. The van der Waals surface area contributed by atoms with Crippen LogP contribution in [-0.4, -0.2) is 42.8 Å². The number of fused-ring (bicyclic) bond motifs is 1. The largest absolute Gasteiger partial charge is 0.444 e. The van der Waals surface area contributed by atoms with Crippen molar-refractivity contribution in [2.45, 2.75) is 63.8 Å². The molecule has 0 bridgehead atoms. The number of oxazole rings is 1. The maximum absolute atomic E-state index is 5.86. The highest BCUT2D eigenvalue weighted by atomic mass is 16.4. The molecule has 2 aliphatic rings. The zero-order valence-electron chi connectivity index (χ0n) is 16.0. The van der Waals surface area contributed by atoms with Gasteiger partial charge in [-0.05, 0) is 50.9 Å². The van der Waals surface area contributed by atoms with Gasteiger partial charge in [-0.3, -0.25) is 4.90 Å². The Morgan fingerprint density at radius 3 is 2.59 bits per heavy atom. The van der Waals surface area contributed by atoms with E-state index in [0.717, 1.165) is 55.6 Å². The molecule has 27 heavy (non-hydrogen) atoms. The molecule has 3 aromatic heterocycles. The summed E-state index contributed by atoms with van der Waals surface area (Å²) in [4.78, 5) is 6.84. The summed E-state index contributed by atoms with van der Waals surface area (Å²) in [6, 6.07) is 4.16. The van der Waals surface area contributed by atoms with Gasteiger partial charge in [-0.2, -0.15) is 9.61 Å². The zero-order valence-corrected chi connectivity index (χ0v) is 16.0. The number of hydrogen-bond acceptors (Lipinski definition) is 6. The second kappa shape index (κ2) is 6.71. The van der Waals surface area contributed by atoms with Gasteiger partial charge in [0.15, 0.2) is 11.5 Å². The molecule has 0 radical (unpaired) electrons. The monoisotopic (exact) mass is 366 g/mol. The molecule has 7 heteroatoms. The summed E-state index contributed by atoms with van der Waals surface area (Å²) >= 11 is 0. The average Bonchev–Trinajstić information content (AvgIpc) is 3.27. The number of piperidine rings is 1. The first-order chi connectivity index (χ1) is 13.2. The minimum atomic E-state index is 0.381. The van der Waals surface area contributed by atoms with Gasteiger partial charge in [-0.15, -0.1) is 10.2 Å². The van der Waals surface area contributed by atoms with Gasteiger partial charge >= 0.3 is 0 Å². The first-order valence-corrected chi connectivity index (χ1v) is 10.1. The van der Waals surface area contributed by atoms with E-state index in [9.17, 15) is 0 Å². The molecule has 1 aliphatic carbocycles. The number of nitrogens with zero attached hydrogens (tertiary/aromatic N) is 6. The lowest BCUT2D eigenvalue weighted by Crippen LogP contribution is -2.33. The standard InChI is InChI=1S/C20H26N6O/c1-13(2)17-11-21-19(27-17)12-25-9-7-15(8-10-25)20-23-22-18-6-5-16(14-3-4-14)24-26(18)20/h5-6,11,13-15H,3-4,7-10,12H2,1-2H3. The summed E-state index contributed by atoms with van der Waals surface area (Å²) in [6.07, 6.45) is 6.50. The van der Waals surface area contributed by atoms with Crippen LogP contribution in [-0.2, 0) is 6.54 Å². The fourth-order valence-corrected chi connectivity index (χ4v) is 3.88. The first kappa shape index (κ1) is 16.9. The quantitative estimate of drug-likeness (QED) is 0.688. The van der Waals surface area contributed by atoms with Crippen molar-refractivity contribution < 1.29 is 4.42 Å². The summed E-state index contributed by atoms with van der Waals surface area (Å²) in [5.74, 6) is 4.24. The highest BCUT2D eigenvalue weighted by Crippen LogP contribution is 2.39. The van der Waals surface area contributed by atoms with E-state index in [1.165, 1.54) is 18.5 Å². The normalized spacial score (nSPS) is 19.4. The van der Waals surface area contributed by atoms with E-state index in [0.29, 0.717) is 17.8 Å². The number of likely N-dealkylation sites (tertiary alicyclic amines) is 1. The second-order valence-corrected chi connectivity index (χ2v) is 8.22. The molecule has 5 rings (SSSR count). The first-order valence-electron chi connectivity index (χ1n) is 10.1. The Kier molecular flexibility index (Phi) is 4.19. The van der Waals surface area contributed by atoms with Crippen LogP contribution in [0.4, 0.5) is 0 Å². The number of aromatic nitrogens is 5. The van der Waals surface area contributed by atoms with E-state index in [2.05, 4.69) is 46.1 Å². The Labute approximate surface area is 158 Å². The van der Waals surface area contributed by atoms with Gasteiger partial charge in [0.05, 0.1) is 18.4 Å². The molecule has 0 N–H and O–H groups in total. The van der Waals surface area contributed by atoms with E-state index >= 15 is 0 Å². The predicted molar refractivity (Wildman–Crippen MR) is 101 cm³/mol. The molecule has 0 unspecified atom stereocenters. The van der Waals surface area contributed by atoms with Gasteiger partial charge in [0.25, 0.3) is 0 Å². The van der Waals surface area contributed by atoms with Crippen molar-refractivity contribution in [2.24, 2.45) is 0 Å². The fraction of sp³-hybridized carbons (Fsp3) is 0.600. The minimum absolute atomic E-state index is 0.381. The van der Waals surface area contributed by atoms with Crippen LogP contribution in [0.15, 0.2) is 22.7 Å². The van der Waals surface area contributed by atoms with Gasteiger partial charge in [0.2, 0.25) is 5.89 Å². The molecule has 1 saturated carbocycles. The van der Waals surface area contributed by atoms with Crippen molar-refractivity contribution in [3.8, 4) is 0 Å². The third-order valence-corrected chi connectivity index (χ3v) is 5.76. The van der Waals surface area contributed by atoms with Crippen molar-refractivity contribution in [2.75, 3.05) is 13.1 Å². The van der Waals surface area contributed by atoms with Crippen LogP contribution in [0.25, 0.3) is 5.65 Å². The van der Waals surface area contributed by atoms with Crippen LogP contribution < -0.4 is 0 Å². The van der Waals surface area contributed by atoms with Crippen LogP contribution in [0, 0.1) is 0 Å². The summed E-state index contributed by atoms with van der Waals surface area (Å²) < 4.78 is 7.84. The van der Waals surface area contributed by atoms with Crippen molar-refractivity contribution in [1.82, 2.24) is 29.7 Å². The summed E-state index contributed by atoms with van der Waals surface area (Å²) in [7, 11) is 0. The minimum Gasteiger partial charge on any atom is -0.444 e. The summed E-state index contributed by atoms with van der Waals surface area (Å²) in [6.45, 7) is 7.06. The Morgan fingerprint density at radius 2 is 1.89 bits per heavy atom. The molecule has 142 valence electrons. The van der Waals surface area contributed by atoms with E-state index in [1.807, 2.05) is 10.7 Å². The predicted octanol–water partition coefficient (Wildman–Crippen LogP) is 3.49. The van der Waals surface area contributed by atoms with Gasteiger partial charge < -0.3 is 4.42 Å². The van der Waals surface area contributed by atoms with Gasteiger partial charge in [0.1, 0.15) is 5.76 Å². The van der Waals surface area contributed by atoms with Crippen LogP contribution >= 0.6 is 0 Å². The van der Waals surface area contributed by atoms with Crippen molar-refractivity contribution in [1.29, 1.82) is 0 Å². The molecule has 4 heterocycles. The molecule has 3 aromatic rings. The Bertz CT molecular complexity index is 933. The maximum atomic E-state index is 5.86. The second-order valence-electron chi connectivity index (χ2n) is 8.22. The highest BCUT2D eigenvalue weighted by Gasteiger charge is 2.28. The van der Waals surface area contributed by atoms with Crippen LogP contribution in [0.5, 0.6) is 0 Å². The van der Waals surface area contributed by atoms with Crippen LogP contribution in [0.1, 0.15) is 80.5 Å². The fourth-order valence-electron chi connectivity index (χ4n) is 3.88. The van der Waals surface area contributed by atoms with E-state index < -0.39 is 0 Å². The Balaban J connectivity index is 1.26. The smallest absolute Gasteiger partial charge is 0.208 e. The lowest BCUT2D eigenvalue weighted by Gasteiger charge is -2.30. The molecular formula is C20H26N6O. The highest BCUT2D eigenvalue weighted by molar-refractivity contribution is 5.38. The van der Waals surface area contributed by atoms with Crippen LogP contribution in [0.2, 0.25) is 0 Å². The third kappa shape index (κ3) is 3.36. The van der Waals surface area contributed by atoms with Gasteiger partial charge in [-0.25, -0.2) is 4.98 Å². The summed E-state index contributed by atoms with van der Waals surface area (Å²) in [5, 5.41) is 13.6. The summed E-state index contributed by atoms with van der Waals surface area (Å²) in [5.41, 5.74) is 2.05. The zero-order chi connectivity index (χ0) is 18.4. The van der Waals surface area contributed by atoms with Crippen LogP contribution in [0.3, 0.4) is 0 Å². The number of rotatable bonds is 5. The maximum Gasteiger partial charge on any atom is 0.208 e. The van der Waals surface area contributed by atoms with Gasteiger partial charge in [0, 0.05) is 17.8 Å². The molecule has 2 fully saturated rings. The molecule has 0 amide bonds. The molecule has 1 saturated heterocycles. The average molecular weight is 366 g/mol. The van der Waals surface area contributed by atoms with E-state index in [1.54, 1.807) is 0 Å². The van der Waals surface area contributed by atoms with Crippen molar-refractivity contribution >= 4 is 5.65 Å². The topological polar surface area (TPSA) is 72.4 Å². The molecule has 1 aliphatic heterocycles. The molecule has 0 aromatic carbocycles. The van der Waals surface area contributed by atoms with Crippen molar-refractivity contribution in [3.05, 3.63) is 41.5 Å². The Morgan fingerprint density at radius 1 is 1.07 bits per heavy atom. The van der Waals surface area contributed by atoms with Gasteiger partial charge in [-0.1, -0.05) is 13.8 Å².